The first-order chi connectivity index (χ1) is 15.0. The average Bonchev–Trinajstić information content (AvgIpc) is 2.81. The number of hydrogen-bond acceptors (Lipinski definition) is 2. The first kappa shape index (κ1) is 22.9. The molecule has 1 aliphatic carbocycles. The molecule has 31 heavy (non-hydrogen) atoms. The predicted molar refractivity (Wildman–Crippen MR) is 125 cm³/mol. The van der Waals surface area contributed by atoms with Crippen LogP contribution >= 0.6 is 0 Å². The van der Waals surface area contributed by atoms with Crippen molar-refractivity contribution >= 4 is 11.9 Å². The fourth-order valence-electron chi connectivity index (χ4n) is 4.38. The number of urea groups is 1. The van der Waals surface area contributed by atoms with Crippen LogP contribution in [-0.4, -0.2) is 42.4 Å². The van der Waals surface area contributed by atoms with E-state index in [1.165, 1.54) is 24.8 Å². The van der Waals surface area contributed by atoms with Crippen molar-refractivity contribution in [3.8, 4) is 0 Å². The number of carbonyl (C=O) groups excluding carboxylic acids is 2. The van der Waals surface area contributed by atoms with Crippen molar-refractivity contribution in [1.82, 2.24) is 15.1 Å². The summed E-state index contributed by atoms with van der Waals surface area (Å²) in [6, 6.07) is 17.9. The fourth-order valence-corrected chi connectivity index (χ4v) is 4.38. The molecule has 5 nitrogen and oxygen atoms in total. The Labute approximate surface area is 186 Å². The Kier molecular flexibility index (Phi) is 8.10. The standard InChI is InChI=1S/C26H35N3O2/c1-4-29(19-20-15-17-23(18-16-20)25(30)28(2)3)26(31)27-24(21-11-7-5-8-12-21)22-13-9-6-10-14-22/h5,7-8,11-12,15-18,22,24H,4,6,9-10,13-14,19H2,1-3H3,(H,27,31). The van der Waals surface area contributed by atoms with Gasteiger partial charge in [0.25, 0.3) is 5.91 Å². The highest BCUT2D eigenvalue weighted by atomic mass is 16.2. The molecule has 0 aliphatic heterocycles. The molecular formula is C26H35N3O2. The fraction of sp³-hybridized carbons (Fsp3) is 0.462. The minimum atomic E-state index is -0.0321. The maximum absolute atomic E-state index is 13.2. The smallest absolute Gasteiger partial charge is 0.318 e. The highest BCUT2D eigenvalue weighted by Gasteiger charge is 2.27. The molecule has 1 atom stereocenters. The van der Waals surface area contributed by atoms with Gasteiger partial charge in [0.1, 0.15) is 0 Å². The summed E-state index contributed by atoms with van der Waals surface area (Å²) < 4.78 is 0. The summed E-state index contributed by atoms with van der Waals surface area (Å²) in [6.45, 7) is 3.14. The van der Waals surface area contributed by atoms with Crippen LogP contribution in [0.15, 0.2) is 54.6 Å². The third-order valence-corrected chi connectivity index (χ3v) is 6.21. The molecule has 1 unspecified atom stereocenters. The molecule has 1 aliphatic rings. The van der Waals surface area contributed by atoms with Crippen molar-refractivity contribution in [2.45, 2.75) is 51.6 Å². The molecule has 166 valence electrons. The van der Waals surface area contributed by atoms with E-state index < -0.39 is 0 Å². The van der Waals surface area contributed by atoms with Crippen LogP contribution in [0.25, 0.3) is 0 Å². The zero-order chi connectivity index (χ0) is 22.2. The van der Waals surface area contributed by atoms with Gasteiger partial charge >= 0.3 is 6.03 Å². The molecule has 0 bridgehead atoms. The lowest BCUT2D eigenvalue weighted by molar-refractivity contribution is 0.0827. The molecule has 5 heteroatoms. The maximum atomic E-state index is 13.2. The van der Waals surface area contributed by atoms with E-state index in [9.17, 15) is 9.59 Å². The molecule has 0 aromatic heterocycles. The molecule has 3 rings (SSSR count). The second kappa shape index (κ2) is 11.0. The molecule has 1 saturated carbocycles. The van der Waals surface area contributed by atoms with E-state index in [-0.39, 0.29) is 18.0 Å². The van der Waals surface area contributed by atoms with Gasteiger partial charge < -0.3 is 15.1 Å². The quantitative estimate of drug-likeness (QED) is 0.664. The van der Waals surface area contributed by atoms with Crippen molar-refractivity contribution in [3.63, 3.8) is 0 Å². The van der Waals surface area contributed by atoms with Gasteiger partial charge in [-0.25, -0.2) is 4.79 Å². The first-order valence-corrected chi connectivity index (χ1v) is 11.4. The lowest BCUT2D eigenvalue weighted by Gasteiger charge is -2.33. The van der Waals surface area contributed by atoms with Gasteiger partial charge in [-0.3, -0.25) is 4.79 Å². The summed E-state index contributed by atoms with van der Waals surface area (Å²) in [7, 11) is 3.49. The highest BCUT2D eigenvalue weighted by Crippen LogP contribution is 2.34. The van der Waals surface area contributed by atoms with Gasteiger partial charge in [0.2, 0.25) is 0 Å². The molecule has 1 fully saturated rings. The van der Waals surface area contributed by atoms with Crippen molar-refractivity contribution in [3.05, 3.63) is 71.3 Å². The van der Waals surface area contributed by atoms with E-state index in [4.69, 9.17) is 0 Å². The Bertz CT molecular complexity index is 843. The minimum absolute atomic E-state index is 0.0187. The third-order valence-electron chi connectivity index (χ3n) is 6.21. The number of carbonyl (C=O) groups is 2. The van der Waals surface area contributed by atoms with Crippen LogP contribution in [0.2, 0.25) is 0 Å². The zero-order valence-electron chi connectivity index (χ0n) is 19.0. The Morgan fingerprint density at radius 1 is 0.968 bits per heavy atom. The van der Waals surface area contributed by atoms with E-state index in [2.05, 4.69) is 17.4 Å². The van der Waals surface area contributed by atoms with Crippen LogP contribution in [0, 0.1) is 5.92 Å². The topological polar surface area (TPSA) is 52.7 Å². The van der Waals surface area contributed by atoms with Gasteiger partial charge in [0.15, 0.2) is 0 Å². The summed E-state index contributed by atoms with van der Waals surface area (Å²) in [5.41, 5.74) is 2.86. The summed E-state index contributed by atoms with van der Waals surface area (Å²) in [5.74, 6) is 0.463. The summed E-state index contributed by atoms with van der Waals surface area (Å²) >= 11 is 0. The SMILES string of the molecule is CCN(Cc1ccc(C(=O)N(C)C)cc1)C(=O)NC(c1ccccc1)C1CCCCC1. The van der Waals surface area contributed by atoms with Gasteiger partial charge in [-0.15, -0.1) is 0 Å². The number of benzene rings is 2. The average molecular weight is 422 g/mol. The van der Waals surface area contributed by atoms with E-state index in [1.54, 1.807) is 19.0 Å². The van der Waals surface area contributed by atoms with E-state index in [1.807, 2.05) is 54.3 Å². The van der Waals surface area contributed by atoms with E-state index in [0.717, 1.165) is 18.4 Å². The van der Waals surface area contributed by atoms with Gasteiger partial charge in [0, 0.05) is 32.7 Å². The molecule has 0 saturated heterocycles. The number of nitrogens with zero attached hydrogens (tertiary/aromatic N) is 2. The van der Waals surface area contributed by atoms with Crippen molar-refractivity contribution in [2.24, 2.45) is 5.92 Å². The van der Waals surface area contributed by atoms with Crippen LogP contribution in [-0.2, 0) is 6.54 Å². The van der Waals surface area contributed by atoms with Crippen LogP contribution < -0.4 is 5.32 Å². The van der Waals surface area contributed by atoms with Crippen LogP contribution in [0.4, 0.5) is 4.79 Å². The molecule has 1 N–H and O–H groups in total. The summed E-state index contributed by atoms with van der Waals surface area (Å²) in [6.07, 6.45) is 6.08. The minimum Gasteiger partial charge on any atom is -0.345 e. The lowest BCUT2D eigenvalue weighted by Crippen LogP contribution is -2.43. The monoisotopic (exact) mass is 421 g/mol. The van der Waals surface area contributed by atoms with Crippen molar-refractivity contribution < 1.29 is 9.59 Å². The van der Waals surface area contributed by atoms with Crippen LogP contribution in [0.1, 0.15) is 66.6 Å². The number of nitrogens with one attached hydrogen (secondary N) is 1. The molecular weight excluding hydrogens is 386 g/mol. The summed E-state index contributed by atoms with van der Waals surface area (Å²) in [5, 5.41) is 3.35. The van der Waals surface area contributed by atoms with Crippen LogP contribution in [0.3, 0.4) is 0 Å². The van der Waals surface area contributed by atoms with E-state index >= 15 is 0 Å². The Morgan fingerprint density at radius 3 is 2.19 bits per heavy atom. The third kappa shape index (κ3) is 6.09. The van der Waals surface area contributed by atoms with Crippen molar-refractivity contribution in [1.29, 1.82) is 0 Å². The first-order valence-electron chi connectivity index (χ1n) is 11.4. The molecule has 0 heterocycles. The van der Waals surface area contributed by atoms with Crippen LogP contribution in [0.5, 0.6) is 0 Å². The molecule has 2 aromatic carbocycles. The van der Waals surface area contributed by atoms with Crippen molar-refractivity contribution in [2.75, 3.05) is 20.6 Å². The second-order valence-corrected chi connectivity index (χ2v) is 8.65. The Hall–Kier alpha value is -2.82. The highest BCUT2D eigenvalue weighted by molar-refractivity contribution is 5.93. The van der Waals surface area contributed by atoms with E-state index in [0.29, 0.717) is 24.6 Å². The van der Waals surface area contributed by atoms with Gasteiger partial charge in [-0.05, 0) is 48.9 Å². The Balaban J connectivity index is 1.70. The lowest BCUT2D eigenvalue weighted by atomic mass is 9.81. The number of hydrogen-bond donors (Lipinski definition) is 1. The molecule has 3 amide bonds. The zero-order valence-corrected chi connectivity index (χ0v) is 19.0. The molecule has 2 aromatic rings. The second-order valence-electron chi connectivity index (χ2n) is 8.65. The number of amides is 3. The van der Waals surface area contributed by atoms with Gasteiger partial charge in [0.05, 0.1) is 6.04 Å². The Morgan fingerprint density at radius 2 is 1.61 bits per heavy atom. The largest absolute Gasteiger partial charge is 0.345 e. The predicted octanol–water partition coefficient (Wildman–Crippen LogP) is 5.24. The number of rotatable bonds is 7. The van der Waals surface area contributed by atoms with Gasteiger partial charge in [-0.1, -0.05) is 61.7 Å². The molecule has 0 spiro atoms. The maximum Gasteiger partial charge on any atom is 0.318 e. The summed E-state index contributed by atoms with van der Waals surface area (Å²) in [4.78, 5) is 28.7. The van der Waals surface area contributed by atoms with Gasteiger partial charge in [-0.2, -0.15) is 0 Å². The molecule has 0 radical (unpaired) electrons. The normalized spacial score (nSPS) is 15.2.